The molecule has 2 heteroatoms. The monoisotopic (exact) mass is 207 g/mol. The van der Waals surface area contributed by atoms with Gasteiger partial charge in [-0.3, -0.25) is 0 Å². The molecule has 2 N–H and O–H groups in total. The van der Waals surface area contributed by atoms with Gasteiger partial charge in [-0.2, -0.15) is 11.8 Å². The summed E-state index contributed by atoms with van der Waals surface area (Å²) < 4.78 is 0. The van der Waals surface area contributed by atoms with Crippen LogP contribution >= 0.6 is 11.8 Å². The van der Waals surface area contributed by atoms with Gasteiger partial charge in [-0.05, 0) is 35.3 Å². The summed E-state index contributed by atoms with van der Waals surface area (Å²) in [6.07, 6.45) is 0. The van der Waals surface area contributed by atoms with Crippen molar-refractivity contribution in [3.63, 3.8) is 0 Å². The third-order valence-electron chi connectivity index (χ3n) is 3.05. The van der Waals surface area contributed by atoms with Crippen molar-refractivity contribution in [1.82, 2.24) is 0 Å². The third-order valence-corrected chi connectivity index (χ3v) is 4.30. The normalized spacial score (nSPS) is 26.8. The van der Waals surface area contributed by atoms with Gasteiger partial charge >= 0.3 is 0 Å². The first-order valence-electron chi connectivity index (χ1n) is 5.12. The van der Waals surface area contributed by atoms with E-state index in [0.29, 0.717) is 5.92 Å². The van der Waals surface area contributed by atoms with Gasteiger partial charge in [-0.15, -0.1) is 0 Å². The molecule has 2 rings (SSSR count). The minimum absolute atomic E-state index is 0.222. The lowest BCUT2D eigenvalue weighted by molar-refractivity contribution is 0.523. The second-order valence-corrected chi connectivity index (χ2v) is 5.19. The lowest BCUT2D eigenvalue weighted by Gasteiger charge is -2.18. The molecule has 1 heterocycles. The summed E-state index contributed by atoms with van der Waals surface area (Å²) in [5.74, 6) is 2.89. The zero-order valence-corrected chi connectivity index (χ0v) is 9.60. The molecule has 0 bridgehead atoms. The van der Waals surface area contributed by atoms with Gasteiger partial charge in [0.05, 0.1) is 0 Å². The van der Waals surface area contributed by atoms with Crippen molar-refractivity contribution in [1.29, 1.82) is 0 Å². The van der Waals surface area contributed by atoms with Crippen LogP contribution in [0.3, 0.4) is 0 Å². The predicted molar refractivity (Wildman–Crippen MR) is 63.4 cm³/mol. The topological polar surface area (TPSA) is 26.0 Å². The van der Waals surface area contributed by atoms with Gasteiger partial charge in [0.1, 0.15) is 0 Å². The molecule has 2 unspecified atom stereocenters. The number of thioether (sulfide) groups is 1. The first kappa shape index (κ1) is 10.1. The molecule has 1 aliphatic rings. The van der Waals surface area contributed by atoms with Gasteiger partial charge < -0.3 is 5.73 Å². The molecule has 1 nitrogen and oxygen atoms in total. The van der Waals surface area contributed by atoms with Crippen LogP contribution < -0.4 is 5.73 Å². The Kier molecular flexibility index (Phi) is 2.84. The summed E-state index contributed by atoms with van der Waals surface area (Å²) in [5.41, 5.74) is 10.5. The molecule has 0 aliphatic carbocycles. The largest absolute Gasteiger partial charge is 0.324 e. The summed E-state index contributed by atoms with van der Waals surface area (Å²) >= 11 is 2.00. The number of rotatable bonds is 0. The van der Waals surface area contributed by atoms with Crippen molar-refractivity contribution in [3.8, 4) is 0 Å². The average molecular weight is 207 g/mol. The highest BCUT2D eigenvalue weighted by Crippen LogP contribution is 2.34. The van der Waals surface area contributed by atoms with E-state index in [4.69, 9.17) is 5.73 Å². The highest BCUT2D eigenvalue weighted by Gasteiger charge is 2.22. The number of aryl methyl sites for hydroxylation is 1. The van der Waals surface area contributed by atoms with Crippen LogP contribution in [0.5, 0.6) is 0 Å². The number of benzene rings is 1. The van der Waals surface area contributed by atoms with Crippen LogP contribution in [0.1, 0.15) is 29.7 Å². The van der Waals surface area contributed by atoms with E-state index in [1.54, 1.807) is 0 Å². The fourth-order valence-electron chi connectivity index (χ4n) is 1.99. The molecule has 14 heavy (non-hydrogen) atoms. The maximum atomic E-state index is 6.25. The molecule has 1 aromatic carbocycles. The first-order chi connectivity index (χ1) is 6.70. The van der Waals surface area contributed by atoms with Crippen molar-refractivity contribution < 1.29 is 0 Å². The van der Waals surface area contributed by atoms with Crippen LogP contribution in [0.15, 0.2) is 18.2 Å². The Hall–Kier alpha value is -0.470. The minimum Gasteiger partial charge on any atom is -0.324 e. The van der Waals surface area contributed by atoms with Crippen molar-refractivity contribution in [2.75, 3.05) is 5.75 Å². The molecule has 1 aromatic rings. The van der Waals surface area contributed by atoms with Gasteiger partial charge in [-0.1, -0.05) is 25.1 Å². The van der Waals surface area contributed by atoms with Crippen LogP contribution in [0.2, 0.25) is 0 Å². The van der Waals surface area contributed by atoms with Crippen LogP contribution in [0, 0.1) is 12.8 Å². The highest BCUT2D eigenvalue weighted by molar-refractivity contribution is 7.98. The Bertz CT molecular complexity index is 335. The molecule has 1 aliphatic heterocycles. The maximum Gasteiger partial charge on any atom is 0.0331 e. The van der Waals surface area contributed by atoms with E-state index in [1.807, 2.05) is 11.8 Å². The second kappa shape index (κ2) is 3.95. The SMILES string of the molecule is Cc1cccc2c1CSCC(C)C2N. The molecule has 0 radical (unpaired) electrons. The van der Waals surface area contributed by atoms with E-state index < -0.39 is 0 Å². The summed E-state index contributed by atoms with van der Waals surface area (Å²) in [4.78, 5) is 0. The molecule has 2 atom stereocenters. The van der Waals surface area contributed by atoms with Crippen LogP contribution in [0.4, 0.5) is 0 Å². The van der Waals surface area contributed by atoms with E-state index >= 15 is 0 Å². The van der Waals surface area contributed by atoms with Crippen molar-refractivity contribution in [3.05, 3.63) is 34.9 Å². The second-order valence-electron chi connectivity index (χ2n) is 4.16. The molecule has 0 saturated heterocycles. The Labute approximate surface area is 90.1 Å². The lowest BCUT2D eigenvalue weighted by atomic mass is 9.91. The summed E-state index contributed by atoms with van der Waals surface area (Å²) in [6, 6.07) is 6.72. The van der Waals surface area contributed by atoms with E-state index in [2.05, 4.69) is 32.0 Å². The first-order valence-corrected chi connectivity index (χ1v) is 6.27. The maximum absolute atomic E-state index is 6.25. The lowest BCUT2D eigenvalue weighted by Crippen LogP contribution is -2.20. The van der Waals surface area contributed by atoms with Crippen molar-refractivity contribution >= 4 is 11.8 Å². The van der Waals surface area contributed by atoms with E-state index in [9.17, 15) is 0 Å². The van der Waals surface area contributed by atoms with E-state index in [-0.39, 0.29) is 6.04 Å². The van der Waals surface area contributed by atoms with Gasteiger partial charge in [-0.25, -0.2) is 0 Å². The number of fused-ring (bicyclic) bond motifs is 1. The molecule has 0 spiro atoms. The zero-order chi connectivity index (χ0) is 10.1. The predicted octanol–water partition coefficient (Wildman–Crippen LogP) is 2.88. The molecule has 0 aromatic heterocycles. The molecular formula is C12H17NS. The number of nitrogens with two attached hydrogens (primary N) is 1. The van der Waals surface area contributed by atoms with Crippen LogP contribution in [-0.4, -0.2) is 5.75 Å². The Balaban J connectivity index is 2.48. The van der Waals surface area contributed by atoms with Gasteiger partial charge in [0.2, 0.25) is 0 Å². The molecule has 0 fully saturated rings. The molecule has 0 saturated carbocycles. The quantitative estimate of drug-likeness (QED) is 0.708. The standard InChI is InChI=1S/C12H17NS/c1-8-4-3-5-10-11(8)7-14-6-9(2)12(10)13/h3-5,9,12H,6-7,13H2,1-2H3. The molecular weight excluding hydrogens is 190 g/mol. The Morgan fingerprint density at radius 2 is 2.21 bits per heavy atom. The van der Waals surface area contributed by atoms with Crippen LogP contribution in [-0.2, 0) is 5.75 Å². The summed E-state index contributed by atoms with van der Waals surface area (Å²) in [6.45, 7) is 4.43. The third kappa shape index (κ3) is 1.69. The minimum atomic E-state index is 0.222. The van der Waals surface area contributed by atoms with Crippen LogP contribution in [0.25, 0.3) is 0 Å². The Morgan fingerprint density at radius 1 is 1.43 bits per heavy atom. The number of hydrogen-bond acceptors (Lipinski definition) is 2. The average Bonchev–Trinajstić information content (AvgIpc) is 2.31. The zero-order valence-electron chi connectivity index (χ0n) is 8.79. The molecule has 0 amide bonds. The fourth-order valence-corrected chi connectivity index (χ4v) is 3.29. The van der Waals surface area contributed by atoms with Crippen molar-refractivity contribution in [2.45, 2.75) is 25.6 Å². The van der Waals surface area contributed by atoms with E-state index in [0.717, 1.165) is 5.75 Å². The van der Waals surface area contributed by atoms with Crippen molar-refractivity contribution in [2.24, 2.45) is 11.7 Å². The Morgan fingerprint density at radius 3 is 3.00 bits per heavy atom. The van der Waals surface area contributed by atoms with E-state index in [1.165, 1.54) is 22.4 Å². The smallest absolute Gasteiger partial charge is 0.0331 e. The summed E-state index contributed by atoms with van der Waals surface area (Å²) in [7, 11) is 0. The highest BCUT2D eigenvalue weighted by atomic mass is 32.2. The fraction of sp³-hybridized carbons (Fsp3) is 0.500. The van der Waals surface area contributed by atoms with Gasteiger partial charge in [0.25, 0.3) is 0 Å². The summed E-state index contributed by atoms with van der Waals surface area (Å²) in [5, 5.41) is 0. The molecule has 76 valence electrons. The number of hydrogen-bond donors (Lipinski definition) is 1. The van der Waals surface area contributed by atoms with Gasteiger partial charge in [0, 0.05) is 11.8 Å². The van der Waals surface area contributed by atoms with Gasteiger partial charge in [0.15, 0.2) is 0 Å².